The number of hydrogen-bond donors (Lipinski definition) is 1. The second-order valence-electron chi connectivity index (χ2n) is 3.88. The van der Waals surface area contributed by atoms with E-state index in [1.165, 1.54) is 0 Å². The molecule has 1 fully saturated rings. The Labute approximate surface area is 99.5 Å². The summed E-state index contributed by atoms with van der Waals surface area (Å²) in [5, 5.41) is 4.53. The molecule has 3 nitrogen and oxygen atoms in total. The van der Waals surface area contributed by atoms with Gasteiger partial charge in [-0.3, -0.25) is 4.79 Å². The Morgan fingerprint density at radius 1 is 1.44 bits per heavy atom. The molecule has 1 saturated carbocycles. The van der Waals surface area contributed by atoms with Gasteiger partial charge in [0, 0.05) is 16.5 Å². The van der Waals surface area contributed by atoms with Gasteiger partial charge < -0.3 is 0 Å². The van der Waals surface area contributed by atoms with E-state index in [4.69, 9.17) is 11.6 Å². The van der Waals surface area contributed by atoms with E-state index in [0.29, 0.717) is 5.02 Å². The SMILES string of the molecule is O=C(NN=Cc1ccccc1Cl)C1CCC1. The highest BCUT2D eigenvalue weighted by molar-refractivity contribution is 6.33. The fourth-order valence-electron chi connectivity index (χ4n) is 1.51. The molecule has 0 heterocycles. The monoisotopic (exact) mass is 236 g/mol. The summed E-state index contributed by atoms with van der Waals surface area (Å²) in [6.45, 7) is 0. The van der Waals surface area contributed by atoms with Crippen molar-refractivity contribution in [2.45, 2.75) is 19.3 Å². The minimum absolute atomic E-state index is 0.00885. The van der Waals surface area contributed by atoms with Crippen LogP contribution in [0.25, 0.3) is 0 Å². The van der Waals surface area contributed by atoms with E-state index >= 15 is 0 Å². The molecular weight excluding hydrogens is 224 g/mol. The van der Waals surface area contributed by atoms with Gasteiger partial charge in [0.1, 0.15) is 0 Å². The lowest BCUT2D eigenvalue weighted by atomic mass is 9.85. The topological polar surface area (TPSA) is 41.5 Å². The number of carbonyl (C=O) groups excluding carboxylic acids is 1. The molecule has 0 saturated heterocycles. The van der Waals surface area contributed by atoms with Crippen molar-refractivity contribution < 1.29 is 4.79 Å². The molecular formula is C12H13ClN2O. The number of nitrogens with zero attached hydrogens (tertiary/aromatic N) is 1. The summed E-state index contributed by atoms with van der Waals surface area (Å²) in [7, 11) is 0. The molecule has 84 valence electrons. The Morgan fingerprint density at radius 2 is 2.19 bits per heavy atom. The van der Waals surface area contributed by atoms with Crippen molar-refractivity contribution in [3.8, 4) is 0 Å². The molecule has 0 bridgehead atoms. The normalized spacial score (nSPS) is 16.1. The van der Waals surface area contributed by atoms with Gasteiger partial charge in [0.25, 0.3) is 0 Å². The average molecular weight is 237 g/mol. The van der Waals surface area contributed by atoms with Crippen LogP contribution in [0.4, 0.5) is 0 Å². The molecule has 1 aromatic rings. The molecule has 0 aromatic heterocycles. The van der Waals surface area contributed by atoms with Crippen molar-refractivity contribution in [1.82, 2.24) is 5.43 Å². The first-order valence-electron chi connectivity index (χ1n) is 5.35. The smallest absolute Gasteiger partial charge is 0.243 e. The van der Waals surface area contributed by atoms with E-state index in [9.17, 15) is 4.79 Å². The van der Waals surface area contributed by atoms with Crippen molar-refractivity contribution in [2.75, 3.05) is 0 Å². The predicted octanol–water partition coefficient (Wildman–Crippen LogP) is 2.59. The molecule has 1 amide bonds. The van der Waals surface area contributed by atoms with Crippen LogP contribution >= 0.6 is 11.6 Å². The van der Waals surface area contributed by atoms with Crippen LogP contribution in [-0.4, -0.2) is 12.1 Å². The second kappa shape index (κ2) is 5.12. The fraction of sp³-hybridized carbons (Fsp3) is 0.333. The predicted molar refractivity (Wildman–Crippen MR) is 64.5 cm³/mol. The van der Waals surface area contributed by atoms with E-state index in [2.05, 4.69) is 10.5 Å². The van der Waals surface area contributed by atoms with Gasteiger partial charge in [0.15, 0.2) is 0 Å². The van der Waals surface area contributed by atoms with Gasteiger partial charge in [0.05, 0.1) is 6.21 Å². The molecule has 4 heteroatoms. The summed E-state index contributed by atoms with van der Waals surface area (Å²) >= 11 is 5.94. The minimum atomic E-state index is 0.00885. The first kappa shape index (κ1) is 11.1. The fourth-order valence-corrected chi connectivity index (χ4v) is 1.69. The molecule has 1 aliphatic rings. The number of benzene rings is 1. The average Bonchev–Trinajstić information content (AvgIpc) is 2.18. The summed E-state index contributed by atoms with van der Waals surface area (Å²) in [6.07, 6.45) is 4.67. The highest BCUT2D eigenvalue weighted by Crippen LogP contribution is 2.26. The molecule has 1 aromatic carbocycles. The zero-order chi connectivity index (χ0) is 11.4. The highest BCUT2D eigenvalue weighted by Gasteiger charge is 2.24. The number of carbonyl (C=O) groups is 1. The zero-order valence-corrected chi connectivity index (χ0v) is 9.57. The molecule has 0 aliphatic heterocycles. The van der Waals surface area contributed by atoms with Crippen molar-refractivity contribution in [3.63, 3.8) is 0 Å². The number of nitrogens with one attached hydrogen (secondary N) is 1. The zero-order valence-electron chi connectivity index (χ0n) is 8.82. The van der Waals surface area contributed by atoms with Crippen molar-refractivity contribution in [3.05, 3.63) is 34.9 Å². The lowest BCUT2D eigenvalue weighted by Gasteiger charge is -2.22. The standard InChI is InChI=1S/C12H13ClN2O/c13-11-7-2-1-4-10(11)8-14-15-12(16)9-5-3-6-9/h1-2,4,7-9H,3,5-6H2,(H,15,16). The lowest BCUT2D eigenvalue weighted by molar-refractivity contribution is -0.127. The number of halogens is 1. The Balaban J connectivity index is 1.89. The van der Waals surface area contributed by atoms with E-state index in [-0.39, 0.29) is 11.8 Å². The molecule has 16 heavy (non-hydrogen) atoms. The Morgan fingerprint density at radius 3 is 2.81 bits per heavy atom. The van der Waals surface area contributed by atoms with Gasteiger partial charge in [-0.05, 0) is 18.9 Å². The maximum atomic E-state index is 11.4. The van der Waals surface area contributed by atoms with Gasteiger partial charge in [-0.1, -0.05) is 36.2 Å². The van der Waals surface area contributed by atoms with Gasteiger partial charge >= 0.3 is 0 Å². The van der Waals surface area contributed by atoms with Crippen LogP contribution in [0.5, 0.6) is 0 Å². The van der Waals surface area contributed by atoms with Crippen LogP contribution in [0.15, 0.2) is 29.4 Å². The van der Waals surface area contributed by atoms with Crippen molar-refractivity contribution >= 4 is 23.7 Å². The maximum Gasteiger partial charge on any atom is 0.243 e. The quantitative estimate of drug-likeness (QED) is 0.636. The Bertz CT molecular complexity index is 413. The largest absolute Gasteiger partial charge is 0.273 e. The van der Waals surface area contributed by atoms with Gasteiger partial charge in [0.2, 0.25) is 5.91 Å². The molecule has 2 rings (SSSR count). The Kier molecular flexibility index (Phi) is 3.57. The number of hydrazone groups is 1. The third kappa shape index (κ3) is 2.61. The number of amides is 1. The van der Waals surface area contributed by atoms with Gasteiger partial charge in [-0.25, -0.2) is 5.43 Å². The molecule has 0 radical (unpaired) electrons. The first-order valence-corrected chi connectivity index (χ1v) is 5.72. The maximum absolute atomic E-state index is 11.4. The molecule has 0 unspecified atom stereocenters. The number of rotatable bonds is 3. The van der Waals surface area contributed by atoms with Crippen LogP contribution in [-0.2, 0) is 4.79 Å². The molecule has 1 N–H and O–H groups in total. The minimum Gasteiger partial charge on any atom is -0.273 e. The Hall–Kier alpha value is -1.35. The van der Waals surface area contributed by atoms with Crippen LogP contribution in [0.1, 0.15) is 24.8 Å². The van der Waals surface area contributed by atoms with Crippen molar-refractivity contribution in [2.24, 2.45) is 11.0 Å². The highest BCUT2D eigenvalue weighted by atomic mass is 35.5. The van der Waals surface area contributed by atoms with Gasteiger partial charge in [-0.15, -0.1) is 0 Å². The molecule has 1 aliphatic carbocycles. The van der Waals surface area contributed by atoms with Crippen molar-refractivity contribution in [1.29, 1.82) is 0 Å². The summed E-state index contributed by atoms with van der Waals surface area (Å²) in [5.41, 5.74) is 3.34. The molecule has 0 atom stereocenters. The number of hydrogen-bond acceptors (Lipinski definition) is 2. The molecule has 0 spiro atoms. The van der Waals surface area contributed by atoms with E-state index in [1.807, 2.05) is 18.2 Å². The summed E-state index contributed by atoms with van der Waals surface area (Å²) in [4.78, 5) is 11.4. The third-order valence-corrected chi connectivity index (χ3v) is 3.10. The van der Waals surface area contributed by atoms with E-state index in [0.717, 1.165) is 24.8 Å². The van der Waals surface area contributed by atoms with Crippen LogP contribution in [0, 0.1) is 5.92 Å². The van der Waals surface area contributed by atoms with Gasteiger partial charge in [-0.2, -0.15) is 5.10 Å². The lowest BCUT2D eigenvalue weighted by Crippen LogP contribution is -2.31. The summed E-state index contributed by atoms with van der Waals surface area (Å²) in [5.74, 6) is 0.165. The van der Waals surface area contributed by atoms with E-state index in [1.54, 1.807) is 12.3 Å². The second-order valence-corrected chi connectivity index (χ2v) is 4.29. The third-order valence-electron chi connectivity index (χ3n) is 2.76. The van der Waals surface area contributed by atoms with E-state index < -0.39 is 0 Å². The first-order chi connectivity index (χ1) is 7.77. The van der Waals surface area contributed by atoms with Crippen LogP contribution in [0.3, 0.4) is 0 Å². The van der Waals surface area contributed by atoms with Crippen LogP contribution in [0.2, 0.25) is 5.02 Å². The summed E-state index contributed by atoms with van der Waals surface area (Å²) < 4.78 is 0. The van der Waals surface area contributed by atoms with Crippen LogP contribution < -0.4 is 5.43 Å². The summed E-state index contributed by atoms with van der Waals surface area (Å²) in [6, 6.07) is 7.37.